The van der Waals surface area contributed by atoms with Crippen LogP contribution in [0.3, 0.4) is 0 Å². The van der Waals surface area contributed by atoms with Crippen molar-refractivity contribution in [2.24, 2.45) is 0 Å². The van der Waals surface area contributed by atoms with E-state index in [1.54, 1.807) is 13.0 Å². The van der Waals surface area contributed by atoms with E-state index < -0.39 is 26.6 Å². The summed E-state index contributed by atoms with van der Waals surface area (Å²) in [5.74, 6) is -1.56. The van der Waals surface area contributed by atoms with E-state index in [-0.39, 0.29) is 40.7 Å². The number of carbonyl (C=O) groups excluding carboxylic acids is 2. The number of aryl methyl sites for hydroxylation is 1. The van der Waals surface area contributed by atoms with Crippen LogP contribution in [0.15, 0.2) is 29.2 Å². The van der Waals surface area contributed by atoms with Crippen molar-refractivity contribution in [1.29, 1.82) is 0 Å². The van der Waals surface area contributed by atoms with E-state index in [0.717, 1.165) is 5.56 Å². The molecule has 0 saturated heterocycles. The van der Waals surface area contributed by atoms with Crippen LogP contribution in [0.25, 0.3) is 0 Å². The van der Waals surface area contributed by atoms with Gasteiger partial charge in [0.25, 0.3) is 0 Å². The maximum Gasteiger partial charge on any atom is 1.00 e. The second-order valence-electron chi connectivity index (χ2n) is 3.71. The molecule has 1 aliphatic carbocycles. The molecule has 0 aliphatic heterocycles. The molecule has 1 aromatic rings. The van der Waals surface area contributed by atoms with Crippen molar-refractivity contribution in [3.8, 4) is 0 Å². The van der Waals surface area contributed by atoms with Crippen molar-refractivity contribution < 1.29 is 52.1 Å². The van der Waals surface area contributed by atoms with Gasteiger partial charge in [0.15, 0.2) is 5.78 Å². The molecule has 88 valence electrons. The number of fused-ring (bicyclic) bond motifs is 1. The van der Waals surface area contributed by atoms with Crippen molar-refractivity contribution >= 4 is 21.7 Å². The van der Waals surface area contributed by atoms with Gasteiger partial charge >= 0.3 is 29.6 Å². The molecule has 5 nitrogen and oxygen atoms in total. The summed E-state index contributed by atoms with van der Waals surface area (Å²) >= 11 is 0. The summed E-state index contributed by atoms with van der Waals surface area (Å²) in [7, 11) is -4.92. The van der Waals surface area contributed by atoms with Gasteiger partial charge in [0.1, 0.15) is 15.0 Å². The van der Waals surface area contributed by atoms with E-state index in [9.17, 15) is 22.6 Å². The van der Waals surface area contributed by atoms with Crippen LogP contribution >= 0.6 is 0 Å². The van der Waals surface area contributed by atoms with Gasteiger partial charge < -0.3 is 4.55 Å². The predicted molar refractivity (Wildman–Crippen MR) is 57.6 cm³/mol. The Morgan fingerprint density at radius 1 is 1.11 bits per heavy atom. The number of rotatable bonds is 1. The molecule has 0 amide bonds. The van der Waals surface area contributed by atoms with Gasteiger partial charge in [-0.15, -0.1) is 0 Å². The van der Waals surface area contributed by atoms with Crippen LogP contribution in [0.5, 0.6) is 0 Å². The Labute approximate surface area is 126 Å². The zero-order valence-electron chi connectivity index (χ0n) is 9.76. The molecule has 7 heteroatoms. The molecular formula is C11H7NaO5S. The zero-order valence-corrected chi connectivity index (χ0v) is 12.6. The van der Waals surface area contributed by atoms with E-state index in [1.807, 2.05) is 0 Å². The van der Waals surface area contributed by atoms with Crippen molar-refractivity contribution in [1.82, 2.24) is 0 Å². The van der Waals surface area contributed by atoms with E-state index in [2.05, 4.69) is 0 Å². The van der Waals surface area contributed by atoms with Gasteiger partial charge in [0.2, 0.25) is 5.78 Å². The normalized spacial score (nSPS) is 14.7. The minimum atomic E-state index is -4.92. The number of carbonyl (C=O) groups is 2. The van der Waals surface area contributed by atoms with Gasteiger partial charge in [-0.25, -0.2) is 8.42 Å². The Morgan fingerprint density at radius 3 is 2.28 bits per heavy atom. The maximum atomic E-state index is 11.7. The largest absolute Gasteiger partial charge is 1.00 e. The molecule has 1 aromatic carbocycles. The third-order valence-electron chi connectivity index (χ3n) is 2.44. The van der Waals surface area contributed by atoms with Crippen molar-refractivity contribution in [2.75, 3.05) is 0 Å². The SMILES string of the molecule is Cc1ccc2c(c1)C(=O)C=C(S(=O)(=O)[O-])C2=O.[Na+]. The number of hydrogen-bond donors (Lipinski definition) is 0. The van der Waals surface area contributed by atoms with Crippen LogP contribution in [-0.4, -0.2) is 24.5 Å². The topological polar surface area (TPSA) is 91.3 Å². The summed E-state index contributed by atoms with van der Waals surface area (Å²) in [6, 6.07) is 4.41. The molecule has 2 rings (SSSR count). The molecule has 0 unspecified atom stereocenters. The molecule has 0 N–H and O–H groups in total. The van der Waals surface area contributed by atoms with Gasteiger partial charge in [-0.3, -0.25) is 9.59 Å². The van der Waals surface area contributed by atoms with Crippen LogP contribution in [0.4, 0.5) is 0 Å². The number of allylic oxidation sites excluding steroid dienone is 2. The Bertz CT molecular complexity index is 673. The second-order valence-corrected chi connectivity index (χ2v) is 5.05. The summed E-state index contributed by atoms with van der Waals surface area (Å²) in [6.07, 6.45) is 0.590. The summed E-state index contributed by atoms with van der Waals surface area (Å²) < 4.78 is 32.5. The zero-order chi connectivity index (χ0) is 12.8. The molecule has 18 heavy (non-hydrogen) atoms. The average Bonchev–Trinajstić information content (AvgIpc) is 2.21. The van der Waals surface area contributed by atoms with Crippen LogP contribution < -0.4 is 29.6 Å². The molecule has 0 fully saturated rings. The Morgan fingerprint density at radius 2 is 1.72 bits per heavy atom. The van der Waals surface area contributed by atoms with Crippen LogP contribution in [0.2, 0.25) is 0 Å². The van der Waals surface area contributed by atoms with E-state index >= 15 is 0 Å². The van der Waals surface area contributed by atoms with Gasteiger partial charge in [0, 0.05) is 17.2 Å². The quantitative estimate of drug-likeness (QED) is 0.428. The maximum absolute atomic E-state index is 11.7. The fourth-order valence-corrected chi connectivity index (χ4v) is 2.23. The van der Waals surface area contributed by atoms with Crippen LogP contribution in [0, 0.1) is 6.92 Å². The van der Waals surface area contributed by atoms with Gasteiger partial charge in [-0.2, -0.15) is 0 Å². The first-order chi connectivity index (χ1) is 7.80. The molecule has 0 aromatic heterocycles. The minimum Gasteiger partial charge on any atom is -0.744 e. The monoisotopic (exact) mass is 274 g/mol. The van der Waals surface area contributed by atoms with Gasteiger partial charge in [-0.1, -0.05) is 17.7 Å². The van der Waals surface area contributed by atoms with Gasteiger partial charge in [-0.05, 0) is 13.0 Å². The Balaban J connectivity index is 0.00000162. The first-order valence-corrected chi connectivity index (χ1v) is 6.09. The number of hydrogen-bond acceptors (Lipinski definition) is 5. The Hall–Kier alpha value is -0.790. The average molecular weight is 274 g/mol. The fourth-order valence-electron chi connectivity index (χ4n) is 1.64. The van der Waals surface area contributed by atoms with E-state index in [1.165, 1.54) is 12.1 Å². The third-order valence-corrected chi connectivity index (χ3v) is 3.28. The molecule has 0 heterocycles. The first kappa shape index (κ1) is 15.3. The van der Waals surface area contributed by atoms with Crippen LogP contribution in [-0.2, 0) is 10.1 Å². The third kappa shape index (κ3) is 2.62. The van der Waals surface area contributed by atoms with Crippen LogP contribution in [0.1, 0.15) is 26.3 Å². The Kier molecular flexibility index (Phi) is 4.30. The smallest absolute Gasteiger partial charge is 0.744 e. The first-order valence-electron chi connectivity index (χ1n) is 4.68. The molecule has 0 saturated carbocycles. The minimum absolute atomic E-state index is 0. The summed E-state index contributed by atoms with van der Waals surface area (Å²) in [5.41, 5.74) is 0.853. The molecule has 1 aliphatic rings. The van der Waals surface area contributed by atoms with Crippen molar-refractivity contribution in [3.63, 3.8) is 0 Å². The van der Waals surface area contributed by atoms with Crippen molar-refractivity contribution in [3.05, 3.63) is 45.9 Å². The van der Waals surface area contributed by atoms with E-state index in [4.69, 9.17) is 0 Å². The van der Waals surface area contributed by atoms with Crippen molar-refractivity contribution in [2.45, 2.75) is 6.92 Å². The molecule has 0 radical (unpaired) electrons. The molecule has 0 atom stereocenters. The number of Topliss-reactive ketones (excluding diaryl/α,β-unsaturated/α-hetero) is 1. The summed E-state index contributed by atoms with van der Waals surface area (Å²) in [6.45, 7) is 1.74. The van der Waals surface area contributed by atoms with Gasteiger partial charge in [0.05, 0.1) is 0 Å². The molecule has 0 spiro atoms. The fraction of sp³-hybridized carbons (Fsp3) is 0.0909. The molecule has 0 bridgehead atoms. The number of benzene rings is 1. The summed E-state index contributed by atoms with van der Waals surface area (Å²) in [5, 5.41) is 0. The summed E-state index contributed by atoms with van der Waals surface area (Å²) in [4.78, 5) is 22.3. The predicted octanol–water partition coefficient (Wildman–Crippen LogP) is -2.19. The number of ketones is 2. The second kappa shape index (κ2) is 5.07. The standard InChI is InChI=1S/C11H8O5S.Na/c1-6-2-3-7-8(4-6)9(12)5-10(11(7)13)17(14,15)16;/h2-5H,1H3,(H,14,15,16);/q;+1/p-1. The molecular weight excluding hydrogens is 267 g/mol. The van der Waals surface area contributed by atoms with E-state index in [0.29, 0.717) is 6.08 Å².